The lowest BCUT2D eigenvalue weighted by atomic mass is 9.85. The molecule has 1 aliphatic heterocycles. The summed E-state index contributed by atoms with van der Waals surface area (Å²) in [4.78, 5) is 2.51. The first-order chi connectivity index (χ1) is 9.16. The Morgan fingerprint density at radius 2 is 2.05 bits per heavy atom. The Balaban J connectivity index is 1.81. The molecule has 1 aromatic carbocycles. The second-order valence-electron chi connectivity index (χ2n) is 6.02. The van der Waals surface area contributed by atoms with Crippen molar-refractivity contribution in [2.45, 2.75) is 51.1 Å². The first-order valence-corrected chi connectivity index (χ1v) is 7.41. The lowest BCUT2D eigenvalue weighted by Gasteiger charge is -2.36. The van der Waals surface area contributed by atoms with Crippen molar-refractivity contribution < 1.29 is 9.50 Å². The van der Waals surface area contributed by atoms with Gasteiger partial charge in [-0.2, -0.15) is 0 Å². The van der Waals surface area contributed by atoms with Crippen molar-refractivity contribution in [3.8, 4) is 5.75 Å². The van der Waals surface area contributed by atoms with Gasteiger partial charge in [-0.25, -0.2) is 4.39 Å². The maximum atomic E-state index is 13.1. The fourth-order valence-corrected chi connectivity index (χ4v) is 3.97. The maximum Gasteiger partial charge on any atom is 0.126 e. The zero-order valence-corrected chi connectivity index (χ0v) is 11.5. The van der Waals surface area contributed by atoms with E-state index in [1.54, 1.807) is 6.07 Å². The van der Waals surface area contributed by atoms with Gasteiger partial charge in [-0.05, 0) is 44.7 Å². The van der Waals surface area contributed by atoms with Crippen LogP contribution in [0.3, 0.4) is 0 Å². The molecule has 2 aliphatic rings. The van der Waals surface area contributed by atoms with E-state index < -0.39 is 0 Å². The Hall–Kier alpha value is -1.09. The van der Waals surface area contributed by atoms with Crippen LogP contribution in [0.15, 0.2) is 18.2 Å². The molecule has 3 heteroatoms. The molecule has 0 radical (unpaired) electrons. The minimum absolute atomic E-state index is 0.0896. The van der Waals surface area contributed by atoms with E-state index in [2.05, 4.69) is 11.8 Å². The van der Waals surface area contributed by atoms with Crippen LogP contribution < -0.4 is 0 Å². The van der Waals surface area contributed by atoms with Gasteiger partial charge in [0.25, 0.3) is 0 Å². The summed E-state index contributed by atoms with van der Waals surface area (Å²) < 4.78 is 13.1. The van der Waals surface area contributed by atoms with Crippen molar-refractivity contribution >= 4 is 0 Å². The summed E-state index contributed by atoms with van der Waals surface area (Å²) in [6.45, 7) is 3.23. The third-order valence-electron chi connectivity index (χ3n) is 4.99. The summed E-state index contributed by atoms with van der Waals surface area (Å²) in [5.41, 5.74) is 0.854. The van der Waals surface area contributed by atoms with Crippen LogP contribution in [0.5, 0.6) is 5.75 Å². The highest BCUT2D eigenvalue weighted by Gasteiger charge is 2.38. The number of hydrogen-bond acceptors (Lipinski definition) is 2. The van der Waals surface area contributed by atoms with Gasteiger partial charge >= 0.3 is 0 Å². The fourth-order valence-electron chi connectivity index (χ4n) is 3.97. The number of halogens is 1. The molecule has 2 nitrogen and oxygen atoms in total. The van der Waals surface area contributed by atoms with Crippen molar-refractivity contribution in [3.05, 3.63) is 29.6 Å². The topological polar surface area (TPSA) is 23.5 Å². The number of likely N-dealkylation sites (tertiary alicyclic amines) is 1. The lowest BCUT2D eigenvalue weighted by molar-refractivity contribution is 0.139. The fraction of sp³-hybridized carbons (Fsp3) is 0.625. The van der Waals surface area contributed by atoms with E-state index in [1.807, 2.05) is 0 Å². The van der Waals surface area contributed by atoms with Crippen LogP contribution in [0.2, 0.25) is 0 Å². The van der Waals surface area contributed by atoms with Crippen molar-refractivity contribution in [2.75, 3.05) is 6.54 Å². The minimum Gasteiger partial charge on any atom is -0.508 e. The number of phenolic OH excluding ortho intramolecular Hbond substituents is 1. The second kappa shape index (κ2) is 5.12. The highest BCUT2D eigenvalue weighted by Crippen LogP contribution is 2.41. The molecule has 2 fully saturated rings. The molecule has 1 aliphatic carbocycles. The van der Waals surface area contributed by atoms with E-state index in [9.17, 15) is 9.50 Å². The van der Waals surface area contributed by atoms with Gasteiger partial charge in [0, 0.05) is 23.7 Å². The summed E-state index contributed by atoms with van der Waals surface area (Å²) in [7, 11) is 0. The van der Waals surface area contributed by atoms with Gasteiger partial charge < -0.3 is 5.11 Å². The van der Waals surface area contributed by atoms with Gasteiger partial charge in [-0.15, -0.1) is 0 Å². The molecule has 0 spiro atoms. The van der Waals surface area contributed by atoms with Crippen LogP contribution in [-0.4, -0.2) is 22.6 Å². The van der Waals surface area contributed by atoms with Gasteiger partial charge in [0.1, 0.15) is 11.6 Å². The average Bonchev–Trinajstić information content (AvgIpc) is 2.82. The summed E-state index contributed by atoms with van der Waals surface area (Å²) >= 11 is 0. The largest absolute Gasteiger partial charge is 0.508 e. The number of benzene rings is 1. The molecule has 1 heterocycles. The van der Waals surface area contributed by atoms with Gasteiger partial charge in [0.05, 0.1) is 0 Å². The van der Waals surface area contributed by atoms with Crippen LogP contribution in [0, 0.1) is 11.7 Å². The van der Waals surface area contributed by atoms with Crippen molar-refractivity contribution in [2.24, 2.45) is 5.92 Å². The zero-order chi connectivity index (χ0) is 13.4. The molecule has 0 amide bonds. The van der Waals surface area contributed by atoms with Crippen LogP contribution >= 0.6 is 0 Å². The Labute approximate surface area is 114 Å². The number of hydrogen-bond donors (Lipinski definition) is 1. The highest BCUT2D eigenvalue weighted by molar-refractivity contribution is 5.35. The molecular formula is C16H22FNO. The van der Waals surface area contributed by atoms with E-state index in [1.165, 1.54) is 44.2 Å². The van der Waals surface area contributed by atoms with Crippen LogP contribution in [-0.2, 0) is 0 Å². The zero-order valence-electron chi connectivity index (χ0n) is 11.5. The molecule has 3 atom stereocenters. The van der Waals surface area contributed by atoms with E-state index >= 15 is 0 Å². The first kappa shape index (κ1) is 12.9. The quantitative estimate of drug-likeness (QED) is 0.876. The number of aromatic hydroxyl groups is 1. The van der Waals surface area contributed by atoms with Crippen molar-refractivity contribution in [3.63, 3.8) is 0 Å². The first-order valence-electron chi connectivity index (χ1n) is 7.41. The van der Waals surface area contributed by atoms with Gasteiger partial charge in [-0.1, -0.05) is 18.9 Å². The van der Waals surface area contributed by atoms with Crippen molar-refractivity contribution in [1.29, 1.82) is 0 Å². The molecule has 104 valence electrons. The molecule has 1 N–H and O–H groups in total. The standard InChI is InChI=1S/C16H22FNO/c1-11(14-7-6-13(17)10-16(14)19)18-9-8-12-4-2-3-5-15(12)18/h6-7,10-12,15,19H,2-5,8-9H2,1H3. The normalized spacial score (nSPS) is 29.2. The maximum absolute atomic E-state index is 13.1. The second-order valence-corrected chi connectivity index (χ2v) is 6.02. The number of phenols is 1. The van der Waals surface area contributed by atoms with Gasteiger partial charge in [-0.3, -0.25) is 4.90 Å². The number of fused-ring (bicyclic) bond motifs is 1. The molecule has 3 unspecified atom stereocenters. The Morgan fingerprint density at radius 1 is 1.26 bits per heavy atom. The number of rotatable bonds is 2. The smallest absolute Gasteiger partial charge is 0.126 e. The molecule has 1 aromatic rings. The van der Waals surface area contributed by atoms with Crippen LogP contribution in [0.1, 0.15) is 50.6 Å². The van der Waals surface area contributed by atoms with Gasteiger partial charge in [0.2, 0.25) is 0 Å². The molecule has 1 saturated carbocycles. The molecule has 1 saturated heterocycles. The lowest BCUT2D eigenvalue weighted by Crippen LogP contribution is -2.36. The molecule has 19 heavy (non-hydrogen) atoms. The summed E-state index contributed by atoms with van der Waals surface area (Å²) in [5, 5.41) is 9.95. The number of nitrogens with zero attached hydrogens (tertiary/aromatic N) is 1. The van der Waals surface area contributed by atoms with Gasteiger partial charge in [0.15, 0.2) is 0 Å². The minimum atomic E-state index is -0.370. The Morgan fingerprint density at radius 3 is 2.84 bits per heavy atom. The van der Waals surface area contributed by atoms with E-state index in [0.29, 0.717) is 6.04 Å². The summed E-state index contributed by atoms with van der Waals surface area (Å²) in [6, 6.07) is 5.23. The Kier molecular flexibility index (Phi) is 3.48. The van der Waals surface area contributed by atoms with Crippen molar-refractivity contribution in [1.82, 2.24) is 4.90 Å². The van der Waals surface area contributed by atoms with E-state index in [0.717, 1.165) is 18.0 Å². The molecule has 0 bridgehead atoms. The predicted molar refractivity (Wildman–Crippen MR) is 73.5 cm³/mol. The molecule has 3 rings (SSSR count). The third-order valence-corrected chi connectivity index (χ3v) is 4.99. The molecular weight excluding hydrogens is 241 g/mol. The average molecular weight is 263 g/mol. The van der Waals surface area contributed by atoms with E-state index in [4.69, 9.17) is 0 Å². The summed E-state index contributed by atoms with van der Waals surface area (Å²) in [5.74, 6) is 0.552. The third kappa shape index (κ3) is 2.36. The molecule has 0 aromatic heterocycles. The van der Waals surface area contributed by atoms with Crippen LogP contribution in [0.4, 0.5) is 4.39 Å². The SMILES string of the molecule is CC(c1ccc(F)cc1O)N1CCC2CCCCC21. The monoisotopic (exact) mass is 263 g/mol. The summed E-state index contributed by atoms with van der Waals surface area (Å²) in [6.07, 6.45) is 6.59. The van der Waals surface area contributed by atoms with E-state index in [-0.39, 0.29) is 17.6 Å². The predicted octanol–water partition coefficient (Wildman–Crippen LogP) is 3.86. The highest BCUT2D eigenvalue weighted by atomic mass is 19.1. The van der Waals surface area contributed by atoms with Crippen LogP contribution in [0.25, 0.3) is 0 Å². The Bertz CT molecular complexity index is 462.